The SMILES string of the molecule is Cc1ccccc1-n1c(-c2ccc(N3c4ccccc4-c4ccccc4-c4ccccc43)cc2)nc2cccnc21. The lowest BCUT2D eigenvalue weighted by molar-refractivity contribution is 1.06. The highest BCUT2D eigenvalue weighted by molar-refractivity contribution is 6.02. The van der Waals surface area contributed by atoms with Gasteiger partial charge in [0.25, 0.3) is 0 Å². The van der Waals surface area contributed by atoms with Crippen LogP contribution in [-0.4, -0.2) is 14.5 Å². The summed E-state index contributed by atoms with van der Waals surface area (Å²) in [5.74, 6) is 0.878. The van der Waals surface area contributed by atoms with Crippen LogP contribution in [0.15, 0.2) is 140 Å². The highest BCUT2D eigenvalue weighted by Crippen LogP contribution is 2.50. The average molecular weight is 527 g/mol. The number of rotatable bonds is 3. The minimum atomic E-state index is 0.856. The minimum Gasteiger partial charge on any atom is -0.309 e. The van der Waals surface area contributed by atoms with E-state index in [1.807, 2.05) is 18.3 Å². The number of benzene rings is 5. The van der Waals surface area contributed by atoms with Crippen LogP contribution >= 0.6 is 0 Å². The first-order chi connectivity index (χ1) is 20.3. The normalized spacial score (nSPS) is 12.0. The molecule has 0 bridgehead atoms. The summed E-state index contributed by atoms with van der Waals surface area (Å²) in [6.07, 6.45) is 1.83. The van der Waals surface area contributed by atoms with E-state index in [1.54, 1.807) is 0 Å². The molecule has 0 aliphatic carbocycles. The molecule has 7 aromatic rings. The van der Waals surface area contributed by atoms with Gasteiger partial charge in [-0.1, -0.05) is 78.9 Å². The predicted molar refractivity (Wildman–Crippen MR) is 168 cm³/mol. The van der Waals surface area contributed by atoms with Crippen LogP contribution in [0.5, 0.6) is 0 Å². The van der Waals surface area contributed by atoms with Crippen molar-refractivity contribution < 1.29 is 0 Å². The zero-order valence-electron chi connectivity index (χ0n) is 22.6. The van der Waals surface area contributed by atoms with Gasteiger partial charge >= 0.3 is 0 Å². The van der Waals surface area contributed by atoms with Crippen molar-refractivity contribution in [3.05, 3.63) is 145 Å². The summed E-state index contributed by atoms with van der Waals surface area (Å²) in [6, 6.07) is 47.2. The van der Waals surface area contributed by atoms with Gasteiger partial charge in [0.2, 0.25) is 0 Å². The number of aromatic nitrogens is 3. The predicted octanol–water partition coefficient (Wildman–Crippen LogP) is 9.51. The molecule has 0 N–H and O–H groups in total. The van der Waals surface area contributed by atoms with Crippen molar-refractivity contribution in [1.29, 1.82) is 0 Å². The smallest absolute Gasteiger partial charge is 0.164 e. The average Bonchev–Trinajstić information content (AvgIpc) is 3.36. The Morgan fingerprint density at radius 2 is 1.07 bits per heavy atom. The monoisotopic (exact) mass is 526 g/mol. The Morgan fingerprint density at radius 3 is 1.71 bits per heavy atom. The molecule has 41 heavy (non-hydrogen) atoms. The van der Waals surface area contributed by atoms with Gasteiger partial charge < -0.3 is 4.90 Å². The second kappa shape index (κ2) is 9.32. The van der Waals surface area contributed by atoms with E-state index < -0.39 is 0 Å². The van der Waals surface area contributed by atoms with Crippen LogP contribution in [0.3, 0.4) is 0 Å². The second-order valence-electron chi connectivity index (χ2n) is 10.4. The molecule has 4 nitrogen and oxygen atoms in total. The van der Waals surface area contributed by atoms with E-state index in [0.717, 1.165) is 45.3 Å². The molecule has 0 unspecified atom stereocenters. The molecule has 5 aromatic carbocycles. The Balaban J connectivity index is 1.31. The lowest BCUT2D eigenvalue weighted by Crippen LogP contribution is -2.10. The lowest BCUT2D eigenvalue weighted by atomic mass is 9.95. The van der Waals surface area contributed by atoms with Gasteiger partial charge in [-0.05, 0) is 78.2 Å². The van der Waals surface area contributed by atoms with E-state index >= 15 is 0 Å². The number of imidazole rings is 1. The van der Waals surface area contributed by atoms with Gasteiger partial charge in [-0.2, -0.15) is 0 Å². The number of nitrogens with zero attached hydrogens (tertiary/aromatic N) is 4. The largest absolute Gasteiger partial charge is 0.309 e. The molecule has 0 radical (unpaired) electrons. The summed E-state index contributed by atoms with van der Waals surface area (Å²) in [6.45, 7) is 2.13. The van der Waals surface area contributed by atoms with E-state index in [0.29, 0.717) is 0 Å². The molecule has 0 saturated heterocycles. The fourth-order valence-electron chi connectivity index (χ4n) is 6.06. The summed E-state index contributed by atoms with van der Waals surface area (Å²) >= 11 is 0. The third-order valence-electron chi connectivity index (χ3n) is 7.95. The first kappa shape index (κ1) is 23.4. The van der Waals surface area contributed by atoms with Crippen LogP contribution in [0.4, 0.5) is 17.1 Å². The summed E-state index contributed by atoms with van der Waals surface area (Å²) in [4.78, 5) is 12.1. The van der Waals surface area contributed by atoms with Crippen LogP contribution in [0.25, 0.3) is 50.5 Å². The third kappa shape index (κ3) is 3.69. The number of aryl methyl sites for hydroxylation is 1. The Bertz CT molecular complexity index is 2000. The van der Waals surface area contributed by atoms with Gasteiger partial charge in [-0.25, -0.2) is 9.97 Å². The van der Waals surface area contributed by atoms with Gasteiger partial charge in [-0.3, -0.25) is 4.57 Å². The lowest BCUT2D eigenvalue weighted by Gasteiger charge is -2.27. The minimum absolute atomic E-state index is 0.856. The number of fused-ring (bicyclic) bond motifs is 6. The van der Waals surface area contributed by atoms with Crippen molar-refractivity contribution in [2.75, 3.05) is 4.90 Å². The van der Waals surface area contributed by atoms with E-state index in [9.17, 15) is 0 Å². The van der Waals surface area contributed by atoms with Gasteiger partial charge in [0.1, 0.15) is 11.3 Å². The van der Waals surface area contributed by atoms with Crippen molar-refractivity contribution in [3.8, 4) is 39.3 Å². The molecule has 0 amide bonds. The van der Waals surface area contributed by atoms with Crippen LogP contribution in [-0.2, 0) is 0 Å². The van der Waals surface area contributed by atoms with Gasteiger partial charge in [-0.15, -0.1) is 0 Å². The quantitative estimate of drug-likeness (QED) is 0.230. The summed E-state index contributed by atoms with van der Waals surface area (Å²) < 4.78 is 2.17. The molecular formula is C37H26N4. The zero-order chi connectivity index (χ0) is 27.3. The highest BCUT2D eigenvalue weighted by atomic mass is 15.2. The van der Waals surface area contributed by atoms with E-state index in [1.165, 1.54) is 27.8 Å². The third-order valence-corrected chi connectivity index (χ3v) is 7.95. The maximum atomic E-state index is 5.04. The number of pyridine rings is 1. The maximum absolute atomic E-state index is 5.04. The molecule has 0 saturated carbocycles. The molecule has 1 aliphatic heterocycles. The second-order valence-corrected chi connectivity index (χ2v) is 10.4. The van der Waals surface area contributed by atoms with Crippen molar-refractivity contribution in [3.63, 3.8) is 0 Å². The molecule has 8 rings (SSSR count). The molecule has 0 atom stereocenters. The fourth-order valence-corrected chi connectivity index (χ4v) is 6.06. The highest BCUT2D eigenvalue weighted by Gasteiger charge is 2.25. The Morgan fingerprint density at radius 1 is 0.512 bits per heavy atom. The van der Waals surface area contributed by atoms with Crippen LogP contribution in [0.2, 0.25) is 0 Å². The molecule has 2 aromatic heterocycles. The van der Waals surface area contributed by atoms with Crippen LogP contribution in [0.1, 0.15) is 5.56 Å². The first-order valence-electron chi connectivity index (χ1n) is 13.9. The Labute approximate surface area is 238 Å². The molecular weight excluding hydrogens is 500 g/mol. The van der Waals surface area contributed by atoms with Gasteiger partial charge in [0, 0.05) is 28.6 Å². The van der Waals surface area contributed by atoms with E-state index in [-0.39, 0.29) is 0 Å². The number of anilines is 3. The fraction of sp³-hybridized carbons (Fsp3) is 0.0270. The molecule has 1 aliphatic rings. The standard InChI is InChI=1S/C37H26N4/c1-25-11-2-7-17-33(25)41-36(39-32-16-10-24-38-37(32)41)26-20-22-27(23-21-26)40-34-18-8-5-14-30(34)28-12-3-4-13-29(28)31-15-6-9-19-35(31)40/h2-24H,1H3. The first-order valence-corrected chi connectivity index (χ1v) is 13.9. The summed E-state index contributed by atoms with van der Waals surface area (Å²) in [7, 11) is 0. The van der Waals surface area contributed by atoms with E-state index in [2.05, 4.69) is 138 Å². The maximum Gasteiger partial charge on any atom is 0.164 e. The molecule has 3 heterocycles. The topological polar surface area (TPSA) is 34.0 Å². The van der Waals surface area contributed by atoms with Crippen molar-refractivity contribution in [2.45, 2.75) is 6.92 Å². The van der Waals surface area contributed by atoms with Crippen LogP contribution in [0, 0.1) is 6.92 Å². The van der Waals surface area contributed by atoms with Crippen molar-refractivity contribution in [1.82, 2.24) is 14.5 Å². The molecule has 194 valence electrons. The summed E-state index contributed by atoms with van der Waals surface area (Å²) in [5, 5.41) is 0. The molecule has 0 spiro atoms. The van der Waals surface area contributed by atoms with Crippen molar-refractivity contribution in [2.24, 2.45) is 0 Å². The van der Waals surface area contributed by atoms with E-state index in [4.69, 9.17) is 9.97 Å². The van der Waals surface area contributed by atoms with Gasteiger partial charge in [0.15, 0.2) is 5.65 Å². The zero-order valence-corrected chi connectivity index (χ0v) is 22.6. The van der Waals surface area contributed by atoms with Gasteiger partial charge in [0.05, 0.1) is 17.1 Å². The Kier molecular flexibility index (Phi) is 5.32. The van der Waals surface area contributed by atoms with Crippen LogP contribution < -0.4 is 4.90 Å². The number of hydrogen-bond acceptors (Lipinski definition) is 3. The van der Waals surface area contributed by atoms with Crippen molar-refractivity contribution >= 4 is 28.2 Å². The molecule has 4 heteroatoms. The number of para-hydroxylation sites is 3. The number of hydrogen-bond donors (Lipinski definition) is 0. The molecule has 0 fully saturated rings. The summed E-state index contributed by atoms with van der Waals surface area (Å²) in [5.41, 5.74) is 13.4. The Hall–Kier alpha value is -5.48.